The molecule has 1 aromatic carbocycles. The molecule has 0 spiro atoms. The Bertz CT molecular complexity index is 718. The highest BCUT2D eigenvalue weighted by Crippen LogP contribution is 2.34. The largest absolute Gasteiger partial charge is 0.465 e. The molecule has 0 aliphatic carbocycles. The third kappa shape index (κ3) is 3.10. The van der Waals surface area contributed by atoms with Crippen LogP contribution >= 0.6 is 0 Å². The van der Waals surface area contributed by atoms with Crippen LogP contribution in [0.5, 0.6) is 0 Å². The van der Waals surface area contributed by atoms with Gasteiger partial charge in [0.15, 0.2) is 5.57 Å². The van der Waals surface area contributed by atoms with E-state index in [1.165, 1.54) is 6.92 Å². The summed E-state index contributed by atoms with van der Waals surface area (Å²) in [5.74, 6) is -2.65. The van der Waals surface area contributed by atoms with Crippen LogP contribution in [-0.4, -0.2) is 30.9 Å². The number of hydrazone groups is 1. The lowest BCUT2D eigenvalue weighted by Gasteiger charge is -2.14. The molecule has 1 aliphatic heterocycles. The van der Waals surface area contributed by atoms with Crippen LogP contribution in [0.2, 0.25) is 0 Å². The van der Waals surface area contributed by atoms with Gasteiger partial charge in [-0.3, -0.25) is 4.79 Å². The number of halogens is 3. The van der Waals surface area contributed by atoms with E-state index in [0.717, 1.165) is 17.7 Å². The second kappa shape index (κ2) is 5.86. The number of nitrogens with zero attached hydrogens (tertiary/aromatic N) is 2. The molecule has 0 aromatic heterocycles. The lowest BCUT2D eigenvalue weighted by atomic mass is 10.0. The van der Waals surface area contributed by atoms with E-state index >= 15 is 0 Å². The number of ether oxygens (including phenoxy) is 1. The second-order valence-electron chi connectivity index (χ2n) is 4.88. The van der Waals surface area contributed by atoms with Crippen LogP contribution in [0.4, 0.5) is 18.9 Å². The Morgan fingerprint density at radius 1 is 1.17 bits per heavy atom. The zero-order valence-corrected chi connectivity index (χ0v) is 12.6. The normalized spacial score (nSPS) is 17.2. The van der Waals surface area contributed by atoms with E-state index in [1.54, 1.807) is 24.3 Å². The summed E-state index contributed by atoms with van der Waals surface area (Å²) >= 11 is 0. The molecule has 1 aromatic rings. The van der Waals surface area contributed by atoms with Crippen LogP contribution < -0.4 is 5.01 Å². The van der Waals surface area contributed by atoms with Crippen LogP contribution in [0.3, 0.4) is 0 Å². The molecule has 0 radical (unpaired) electrons. The maximum Gasteiger partial charge on any atom is 0.424 e. The number of anilines is 1. The summed E-state index contributed by atoms with van der Waals surface area (Å²) < 4.78 is 43.6. The minimum Gasteiger partial charge on any atom is -0.465 e. The summed E-state index contributed by atoms with van der Waals surface area (Å²) in [5, 5.41) is 4.67. The number of esters is 1. The fraction of sp³-hybridized carbons (Fsp3) is 0.267. The fourth-order valence-electron chi connectivity index (χ4n) is 2.12. The van der Waals surface area contributed by atoms with E-state index in [4.69, 9.17) is 0 Å². The molecule has 1 aliphatic rings. The molecule has 5 nitrogen and oxygen atoms in total. The van der Waals surface area contributed by atoms with Gasteiger partial charge in [-0.05, 0) is 26.0 Å². The van der Waals surface area contributed by atoms with E-state index in [1.807, 2.05) is 6.92 Å². The van der Waals surface area contributed by atoms with Crippen molar-refractivity contribution in [3.05, 3.63) is 41.0 Å². The van der Waals surface area contributed by atoms with E-state index in [0.29, 0.717) is 5.69 Å². The van der Waals surface area contributed by atoms with Gasteiger partial charge < -0.3 is 4.74 Å². The first kappa shape index (κ1) is 16.7. The number of amides is 1. The summed E-state index contributed by atoms with van der Waals surface area (Å²) in [7, 11) is 0.818. The molecule has 0 N–H and O–H groups in total. The standard InChI is InChI=1S/C15H13F3N2O3/c1-8-4-6-10(7-5-8)20-13(21)11(9(2)19-20)12(14(22)23-3)15(16,17)18/h4-7H,1-3H3. The topological polar surface area (TPSA) is 59.0 Å². The highest BCUT2D eigenvalue weighted by atomic mass is 19.4. The molecule has 0 unspecified atom stereocenters. The summed E-state index contributed by atoms with van der Waals surface area (Å²) in [4.78, 5) is 23.9. The molecule has 23 heavy (non-hydrogen) atoms. The Morgan fingerprint density at radius 2 is 1.74 bits per heavy atom. The predicted octanol–water partition coefficient (Wildman–Crippen LogP) is 2.75. The molecule has 1 amide bonds. The number of rotatable bonds is 2. The van der Waals surface area contributed by atoms with Crippen molar-refractivity contribution in [3.63, 3.8) is 0 Å². The van der Waals surface area contributed by atoms with Gasteiger partial charge >= 0.3 is 12.1 Å². The number of carbonyl (C=O) groups excluding carboxylic acids is 2. The van der Waals surface area contributed by atoms with E-state index in [-0.39, 0.29) is 5.71 Å². The number of methoxy groups -OCH3 is 1. The van der Waals surface area contributed by atoms with Crippen molar-refractivity contribution in [2.45, 2.75) is 20.0 Å². The minimum absolute atomic E-state index is 0.201. The Morgan fingerprint density at radius 3 is 2.22 bits per heavy atom. The van der Waals surface area contributed by atoms with Gasteiger partial charge in [0.1, 0.15) is 0 Å². The Kier molecular flexibility index (Phi) is 4.26. The van der Waals surface area contributed by atoms with Crippen molar-refractivity contribution in [3.8, 4) is 0 Å². The first-order valence-electron chi connectivity index (χ1n) is 6.53. The van der Waals surface area contributed by atoms with Crippen LogP contribution in [0, 0.1) is 6.92 Å². The monoisotopic (exact) mass is 326 g/mol. The Balaban J connectivity index is 2.56. The molecular formula is C15H13F3N2O3. The van der Waals surface area contributed by atoms with Gasteiger partial charge in [-0.1, -0.05) is 17.7 Å². The van der Waals surface area contributed by atoms with Crippen LogP contribution in [-0.2, 0) is 14.3 Å². The summed E-state index contributed by atoms with van der Waals surface area (Å²) in [6.45, 7) is 3.06. The first-order chi connectivity index (χ1) is 10.7. The van der Waals surface area contributed by atoms with Gasteiger partial charge in [-0.15, -0.1) is 0 Å². The zero-order chi connectivity index (χ0) is 17.4. The molecular weight excluding hydrogens is 313 g/mol. The van der Waals surface area contributed by atoms with E-state index < -0.39 is 29.2 Å². The quantitative estimate of drug-likeness (QED) is 0.620. The number of benzene rings is 1. The molecule has 0 saturated carbocycles. The SMILES string of the molecule is COC(=O)C(=C1C(=O)N(c2ccc(C)cc2)N=C1C)C(F)(F)F. The van der Waals surface area contributed by atoms with Crippen LogP contribution in [0.25, 0.3) is 0 Å². The average molecular weight is 326 g/mol. The molecule has 0 bridgehead atoms. The number of hydrogen-bond donors (Lipinski definition) is 0. The highest BCUT2D eigenvalue weighted by molar-refractivity contribution is 6.32. The maximum absolute atomic E-state index is 13.2. The van der Waals surface area contributed by atoms with Gasteiger partial charge in [-0.2, -0.15) is 23.3 Å². The summed E-state index contributed by atoms with van der Waals surface area (Å²) in [6, 6.07) is 6.50. The Hall–Kier alpha value is -2.64. The third-order valence-electron chi connectivity index (χ3n) is 3.22. The number of alkyl halides is 3. The van der Waals surface area contributed by atoms with Crippen LogP contribution in [0.15, 0.2) is 40.5 Å². The fourth-order valence-corrected chi connectivity index (χ4v) is 2.12. The number of aryl methyl sites for hydroxylation is 1. The van der Waals surface area contributed by atoms with Crippen LogP contribution in [0.1, 0.15) is 12.5 Å². The third-order valence-corrected chi connectivity index (χ3v) is 3.22. The first-order valence-corrected chi connectivity index (χ1v) is 6.53. The van der Waals surface area contributed by atoms with Crippen molar-refractivity contribution in [1.29, 1.82) is 0 Å². The van der Waals surface area contributed by atoms with Crippen molar-refractivity contribution in [2.75, 3.05) is 12.1 Å². The molecule has 0 atom stereocenters. The van der Waals surface area contributed by atoms with Gasteiger partial charge in [0, 0.05) is 0 Å². The van der Waals surface area contributed by atoms with Gasteiger partial charge in [0.05, 0.1) is 24.1 Å². The molecule has 8 heteroatoms. The lowest BCUT2D eigenvalue weighted by molar-refractivity contribution is -0.148. The summed E-state index contributed by atoms with van der Waals surface area (Å²) in [5.41, 5.74) is -1.43. The smallest absolute Gasteiger partial charge is 0.424 e. The highest BCUT2D eigenvalue weighted by Gasteiger charge is 2.47. The zero-order valence-electron chi connectivity index (χ0n) is 12.6. The van der Waals surface area contributed by atoms with Gasteiger partial charge in [0.25, 0.3) is 5.91 Å². The van der Waals surface area contributed by atoms with E-state index in [9.17, 15) is 22.8 Å². The average Bonchev–Trinajstić information content (AvgIpc) is 2.75. The van der Waals surface area contributed by atoms with Crippen molar-refractivity contribution in [2.24, 2.45) is 5.10 Å². The van der Waals surface area contributed by atoms with Gasteiger partial charge in [-0.25, -0.2) is 4.79 Å². The van der Waals surface area contributed by atoms with Crippen molar-refractivity contribution in [1.82, 2.24) is 0 Å². The lowest BCUT2D eigenvalue weighted by Crippen LogP contribution is -2.29. The second-order valence-corrected chi connectivity index (χ2v) is 4.88. The minimum atomic E-state index is -5.03. The molecule has 0 saturated heterocycles. The van der Waals surface area contributed by atoms with Crippen molar-refractivity contribution >= 4 is 23.3 Å². The van der Waals surface area contributed by atoms with E-state index in [2.05, 4.69) is 9.84 Å². The Labute approximate surface area is 130 Å². The molecule has 1 heterocycles. The molecule has 0 fully saturated rings. The molecule has 122 valence electrons. The maximum atomic E-state index is 13.2. The van der Waals surface area contributed by atoms with Crippen molar-refractivity contribution < 1.29 is 27.5 Å². The number of hydrogen-bond acceptors (Lipinski definition) is 4. The number of carbonyl (C=O) groups is 2. The summed E-state index contributed by atoms with van der Waals surface area (Å²) in [6.07, 6.45) is -5.03. The van der Waals surface area contributed by atoms with Gasteiger partial charge in [0.2, 0.25) is 0 Å². The predicted molar refractivity (Wildman–Crippen MR) is 76.9 cm³/mol. The molecule has 2 rings (SSSR count).